The Morgan fingerprint density at radius 3 is 2.65 bits per heavy atom. The summed E-state index contributed by atoms with van der Waals surface area (Å²) >= 11 is 0. The van der Waals surface area contributed by atoms with Gasteiger partial charge in [-0.25, -0.2) is 0 Å². The first-order chi connectivity index (χ1) is 8.05. The topological polar surface area (TPSA) is 45.0 Å². The predicted octanol–water partition coefficient (Wildman–Crippen LogP) is 2.72. The second kappa shape index (κ2) is 6.98. The number of rotatable bonds is 6. The molecule has 0 saturated carbocycles. The second-order valence-corrected chi connectivity index (χ2v) is 5.94. The van der Waals surface area contributed by atoms with Crippen molar-refractivity contribution in [3.05, 3.63) is 0 Å². The Morgan fingerprint density at radius 2 is 2.06 bits per heavy atom. The van der Waals surface area contributed by atoms with Gasteiger partial charge in [-0.3, -0.25) is 0 Å². The zero-order chi connectivity index (χ0) is 12.7. The van der Waals surface area contributed by atoms with Crippen LogP contribution in [0.3, 0.4) is 0 Å². The van der Waals surface area contributed by atoms with Gasteiger partial charge in [0.2, 0.25) is 0 Å². The molecule has 0 spiro atoms. The van der Waals surface area contributed by atoms with Crippen molar-refractivity contribution in [1.82, 2.24) is 5.32 Å². The van der Waals surface area contributed by atoms with Crippen molar-refractivity contribution in [3.8, 4) is 6.07 Å². The molecule has 0 aromatic heterocycles. The molecule has 1 saturated heterocycles. The number of nitrogens with zero attached hydrogens (tertiary/aromatic N) is 1. The maximum absolute atomic E-state index is 8.63. The van der Waals surface area contributed by atoms with Crippen LogP contribution in [-0.4, -0.2) is 25.8 Å². The number of ether oxygens (including phenoxy) is 1. The minimum Gasteiger partial charge on any atom is -0.381 e. The molecule has 1 atom stereocenters. The van der Waals surface area contributed by atoms with Crippen molar-refractivity contribution in [2.24, 2.45) is 11.3 Å². The van der Waals surface area contributed by atoms with Crippen LogP contribution in [0.2, 0.25) is 0 Å². The zero-order valence-electron chi connectivity index (χ0n) is 11.5. The normalized spacial score (nSPS) is 19.9. The van der Waals surface area contributed by atoms with Crippen LogP contribution < -0.4 is 5.32 Å². The van der Waals surface area contributed by atoms with E-state index in [4.69, 9.17) is 10.00 Å². The molecule has 0 aromatic carbocycles. The minimum atomic E-state index is 0.217. The summed E-state index contributed by atoms with van der Waals surface area (Å²) in [5, 5.41) is 12.3. The fourth-order valence-electron chi connectivity index (χ4n) is 2.30. The van der Waals surface area contributed by atoms with Gasteiger partial charge in [-0.2, -0.15) is 5.26 Å². The van der Waals surface area contributed by atoms with Crippen molar-refractivity contribution in [2.75, 3.05) is 19.8 Å². The second-order valence-electron chi connectivity index (χ2n) is 5.94. The lowest BCUT2D eigenvalue weighted by Gasteiger charge is -2.32. The fourth-order valence-corrected chi connectivity index (χ4v) is 2.30. The summed E-state index contributed by atoms with van der Waals surface area (Å²) < 4.78 is 5.38. The molecule has 1 heterocycles. The van der Waals surface area contributed by atoms with Crippen molar-refractivity contribution < 1.29 is 4.74 Å². The Hall–Kier alpha value is -0.590. The highest BCUT2D eigenvalue weighted by Gasteiger charge is 2.23. The molecule has 3 heteroatoms. The van der Waals surface area contributed by atoms with Gasteiger partial charge in [-0.05, 0) is 37.5 Å². The van der Waals surface area contributed by atoms with E-state index in [1.54, 1.807) is 0 Å². The minimum absolute atomic E-state index is 0.217. The number of hydrogen-bond acceptors (Lipinski definition) is 3. The summed E-state index contributed by atoms with van der Waals surface area (Å²) in [6.45, 7) is 9.55. The Morgan fingerprint density at radius 1 is 1.41 bits per heavy atom. The number of hydrogen-bond donors (Lipinski definition) is 1. The SMILES string of the molecule is CC(NCC(C)(C)CCC#N)C1CCOCC1. The Labute approximate surface area is 106 Å². The van der Waals surface area contributed by atoms with Crippen LogP contribution in [0.5, 0.6) is 0 Å². The van der Waals surface area contributed by atoms with E-state index in [0.29, 0.717) is 12.5 Å². The molecule has 3 nitrogen and oxygen atoms in total. The molecule has 1 aliphatic heterocycles. The van der Waals surface area contributed by atoms with Gasteiger partial charge in [0.15, 0.2) is 0 Å². The molecule has 1 fully saturated rings. The van der Waals surface area contributed by atoms with E-state index in [-0.39, 0.29) is 5.41 Å². The van der Waals surface area contributed by atoms with E-state index in [1.165, 1.54) is 12.8 Å². The van der Waals surface area contributed by atoms with E-state index in [9.17, 15) is 0 Å². The highest BCUT2D eigenvalue weighted by atomic mass is 16.5. The molecule has 1 unspecified atom stereocenters. The highest BCUT2D eigenvalue weighted by Crippen LogP contribution is 2.23. The van der Waals surface area contributed by atoms with Gasteiger partial charge < -0.3 is 10.1 Å². The smallest absolute Gasteiger partial charge is 0.0621 e. The number of nitrogens with one attached hydrogen (secondary N) is 1. The summed E-state index contributed by atoms with van der Waals surface area (Å²) in [4.78, 5) is 0. The van der Waals surface area contributed by atoms with Crippen molar-refractivity contribution in [2.45, 2.75) is 52.5 Å². The molecular weight excluding hydrogens is 212 g/mol. The molecule has 17 heavy (non-hydrogen) atoms. The van der Waals surface area contributed by atoms with Gasteiger partial charge in [0.1, 0.15) is 0 Å². The van der Waals surface area contributed by atoms with E-state index in [1.807, 2.05) is 0 Å². The third-order valence-corrected chi connectivity index (χ3v) is 3.79. The molecule has 0 bridgehead atoms. The van der Waals surface area contributed by atoms with Gasteiger partial charge in [0.25, 0.3) is 0 Å². The Kier molecular flexibility index (Phi) is 5.94. The van der Waals surface area contributed by atoms with Gasteiger partial charge in [0.05, 0.1) is 6.07 Å². The third-order valence-electron chi connectivity index (χ3n) is 3.79. The summed E-state index contributed by atoms with van der Waals surface area (Å²) in [5.41, 5.74) is 0.217. The third kappa shape index (κ3) is 5.52. The van der Waals surface area contributed by atoms with Crippen LogP contribution >= 0.6 is 0 Å². The van der Waals surface area contributed by atoms with Crippen LogP contribution in [0.15, 0.2) is 0 Å². The average molecular weight is 238 g/mol. The molecule has 0 aliphatic carbocycles. The number of nitriles is 1. The van der Waals surface area contributed by atoms with Crippen LogP contribution in [0.1, 0.15) is 46.5 Å². The van der Waals surface area contributed by atoms with E-state index in [0.717, 1.165) is 32.1 Å². The zero-order valence-corrected chi connectivity index (χ0v) is 11.5. The maximum atomic E-state index is 8.63. The van der Waals surface area contributed by atoms with Crippen molar-refractivity contribution in [1.29, 1.82) is 5.26 Å². The molecule has 1 aliphatic rings. The molecule has 0 amide bonds. The first-order valence-electron chi connectivity index (χ1n) is 6.73. The van der Waals surface area contributed by atoms with Crippen LogP contribution in [0.25, 0.3) is 0 Å². The van der Waals surface area contributed by atoms with Gasteiger partial charge in [-0.15, -0.1) is 0 Å². The summed E-state index contributed by atoms with van der Waals surface area (Å²) in [7, 11) is 0. The average Bonchev–Trinajstić information content (AvgIpc) is 2.35. The van der Waals surface area contributed by atoms with Gasteiger partial charge in [-0.1, -0.05) is 13.8 Å². The lowest BCUT2D eigenvalue weighted by molar-refractivity contribution is 0.0545. The highest BCUT2D eigenvalue weighted by molar-refractivity contribution is 4.82. The van der Waals surface area contributed by atoms with Gasteiger partial charge in [0, 0.05) is 32.2 Å². The maximum Gasteiger partial charge on any atom is 0.0621 e. The fraction of sp³-hybridized carbons (Fsp3) is 0.929. The first kappa shape index (κ1) is 14.5. The van der Waals surface area contributed by atoms with Gasteiger partial charge >= 0.3 is 0 Å². The monoisotopic (exact) mass is 238 g/mol. The molecular formula is C14H26N2O. The standard InChI is InChI=1S/C14H26N2O/c1-12(13-5-9-17-10-6-13)16-11-14(2,3)7-4-8-15/h12-13,16H,4-7,9-11H2,1-3H3. The lowest BCUT2D eigenvalue weighted by atomic mass is 9.86. The molecule has 98 valence electrons. The van der Waals surface area contributed by atoms with Crippen molar-refractivity contribution in [3.63, 3.8) is 0 Å². The molecule has 0 radical (unpaired) electrons. The molecule has 1 rings (SSSR count). The summed E-state index contributed by atoms with van der Waals surface area (Å²) in [6.07, 6.45) is 3.97. The van der Waals surface area contributed by atoms with E-state index in [2.05, 4.69) is 32.2 Å². The van der Waals surface area contributed by atoms with Crippen LogP contribution in [0, 0.1) is 22.7 Å². The lowest BCUT2D eigenvalue weighted by Crippen LogP contribution is -2.41. The summed E-state index contributed by atoms with van der Waals surface area (Å²) in [6, 6.07) is 2.79. The van der Waals surface area contributed by atoms with Crippen LogP contribution in [-0.2, 0) is 4.74 Å². The largest absolute Gasteiger partial charge is 0.381 e. The van der Waals surface area contributed by atoms with Crippen molar-refractivity contribution >= 4 is 0 Å². The summed E-state index contributed by atoms with van der Waals surface area (Å²) in [5.74, 6) is 0.746. The predicted molar refractivity (Wildman–Crippen MR) is 69.6 cm³/mol. The van der Waals surface area contributed by atoms with Crippen LogP contribution in [0.4, 0.5) is 0 Å². The molecule has 0 aromatic rings. The molecule has 1 N–H and O–H groups in total. The van der Waals surface area contributed by atoms with E-state index >= 15 is 0 Å². The van der Waals surface area contributed by atoms with E-state index < -0.39 is 0 Å². The first-order valence-corrected chi connectivity index (χ1v) is 6.73. The Balaban J connectivity index is 2.26. The quantitative estimate of drug-likeness (QED) is 0.774. The Bertz CT molecular complexity index is 251.